The van der Waals surface area contributed by atoms with Crippen molar-refractivity contribution in [1.29, 1.82) is 0 Å². The molecule has 6 amide bonds. The Balaban J connectivity index is 1.13. The third-order valence-corrected chi connectivity index (χ3v) is 10.9. The molecule has 0 unspecified atom stereocenters. The minimum Gasteiger partial charge on any atom is -0.348 e. The zero-order valence-corrected chi connectivity index (χ0v) is 34.9. The summed E-state index contributed by atoms with van der Waals surface area (Å²) in [6, 6.07) is 15.2. The van der Waals surface area contributed by atoms with Crippen LogP contribution in [0.4, 0.5) is 27.9 Å². The van der Waals surface area contributed by atoms with Gasteiger partial charge in [0.15, 0.2) is 0 Å². The predicted octanol–water partition coefficient (Wildman–Crippen LogP) is 5.57. The molecule has 4 N–H and O–H groups in total. The Morgan fingerprint density at radius 1 is 0.831 bits per heavy atom. The second-order valence-corrected chi connectivity index (χ2v) is 16.0. The number of aryl methyl sites for hydroxylation is 2. The normalized spacial score (nSPS) is 16.7. The van der Waals surface area contributed by atoms with Gasteiger partial charge in [-0.05, 0) is 80.8 Å². The number of urea groups is 1. The third-order valence-electron chi connectivity index (χ3n) is 10.9. The molecular weight excluding hydrogens is 749 g/mol. The van der Waals surface area contributed by atoms with Crippen LogP contribution >= 0.6 is 0 Å². The largest absolute Gasteiger partial charge is 0.348 e. The maximum atomic E-state index is 14.2. The molecule has 4 aromatic rings. The fraction of sp³-hybridized carbons (Fsp3) is 0.409. The smallest absolute Gasteiger partial charge is 0.330 e. The maximum absolute atomic E-state index is 14.2. The van der Waals surface area contributed by atoms with Crippen LogP contribution in [0.3, 0.4) is 0 Å². The minimum atomic E-state index is -0.943. The molecule has 2 aromatic carbocycles. The summed E-state index contributed by atoms with van der Waals surface area (Å²) in [5.74, 6) is -1.33. The van der Waals surface area contributed by atoms with Crippen molar-refractivity contribution >= 4 is 52.8 Å². The van der Waals surface area contributed by atoms with Crippen LogP contribution in [0.25, 0.3) is 0 Å². The summed E-state index contributed by atoms with van der Waals surface area (Å²) < 4.78 is 0. The number of rotatable bonds is 13. The fourth-order valence-electron chi connectivity index (χ4n) is 7.40. The van der Waals surface area contributed by atoms with E-state index in [1.165, 1.54) is 9.80 Å². The highest BCUT2D eigenvalue weighted by molar-refractivity contribution is 6.07. The molecule has 0 aliphatic carbocycles. The van der Waals surface area contributed by atoms with E-state index in [1.807, 2.05) is 90.9 Å². The summed E-state index contributed by atoms with van der Waals surface area (Å²) in [6.07, 6.45) is 4.38. The van der Waals surface area contributed by atoms with Crippen molar-refractivity contribution in [3.05, 3.63) is 101 Å². The Hall–Kier alpha value is -6.38. The average molecular weight is 803 g/mol. The topological polar surface area (TPSA) is 182 Å². The third kappa shape index (κ3) is 9.51. The van der Waals surface area contributed by atoms with Crippen molar-refractivity contribution in [2.45, 2.75) is 92.0 Å². The SMILES string of the molecule is Cc1ccc(Nc2ncc3c(n2)N(C)C(=O)N(c2cc(C(=O)N[C@H](C(=O)N4CCC[C@H]4C(=O)N[C@H](C(=O)N[C@H](C)c4ccccc4)C(C)C)C(C)C)ccc2C)C3)cn1. The van der Waals surface area contributed by atoms with Gasteiger partial charge in [-0.25, -0.2) is 9.78 Å². The summed E-state index contributed by atoms with van der Waals surface area (Å²) in [4.78, 5) is 87.1. The molecule has 2 aliphatic heterocycles. The number of benzene rings is 2. The number of carbonyl (C=O) groups is 5. The van der Waals surface area contributed by atoms with E-state index in [9.17, 15) is 24.0 Å². The Kier molecular flexibility index (Phi) is 12.9. The second kappa shape index (κ2) is 18.0. The number of nitrogens with zero attached hydrogens (tertiary/aromatic N) is 6. The number of nitrogens with one attached hydrogen (secondary N) is 4. The molecule has 2 aromatic heterocycles. The lowest BCUT2D eigenvalue weighted by Crippen LogP contribution is -2.58. The zero-order valence-electron chi connectivity index (χ0n) is 34.9. The first-order valence-electron chi connectivity index (χ1n) is 20.1. The number of pyridine rings is 1. The van der Waals surface area contributed by atoms with Gasteiger partial charge in [-0.2, -0.15) is 4.98 Å². The molecule has 0 bridgehead atoms. The molecule has 1 fully saturated rings. The number of amides is 6. The first-order chi connectivity index (χ1) is 28.1. The van der Waals surface area contributed by atoms with Crippen molar-refractivity contribution < 1.29 is 24.0 Å². The monoisotopic (exact) mass is 802 g/mol. The van der Waals surface area contributed by atoms with Gasteiger partial charge in [-0.15, -0.1) is 0 Å². The highest BCUT2D eigenvalue weighted by Gasteiger charge is 2.40. The Labute approximate surface area is 345 Å². The van der Waals surface area contributed by atoms with Crippen LogP contribution in [0.15, 0.2) is 73.1 Å². The molecule has 59 heavy (non-hydrogen) atoms. The van der Waals surface area contributed by atoms with Crippen molar-refractivity contribution in [2.75, 3.05) is 28.7 Å². The van der Waals surface area contributed by atoms with E-state index < -0.39 is 29.9 Å². The molecule has 15 nitrogen and oxygen atoms in total. The van der Waals surface area contributed by atoms with E-state index in [4.69, 9.17) is 0 Å². The molecule has 310 valence electrons. The Morgan fingerprint density at radius 2 is 1.56 bits per heavy atom. The molecule has 0 saturated carbocycles. The number of hydrogen-bond acceptors (Lipinski definition) is 9. The highest BCUT2D eigenvalue weighted by Crippen LogP contribution is 2.33. The van der Waals surface area contributed by atoms with Crippen LogP contribution in [-0.4, -0.2) is 81.2 Å². The highest BCUT2D eigenvalue weighted by atomic mass is 16.2. The molecule has 2 aliphatic rings. The van der Waals surface area contributed by atoms with Gasteiger partial charge in [0, 0.05) is 42.3 Å². The first-order valence-corrected chi connectivity index (χ1v) is 20.1. The summed E-state index contributed by atoms with van der Waals surface area (Å²) in [7, 11) is 1.64. The molecule has 1 saturated heterocycles. The van der Waals surface area contributed by atoms with E-state index in [0.29, 0.717) is 48.1 Å². The van der Waals surface area contributed by atoms with Gasteiger partial charge >= 0.3 is 6.03 Å². The summed E-state index contributed by atoms with van der Waals surface area (Å²) in [5.41, 5.74) is 4.81. The van der Waals surface area contributed by atoms with Crippen molar-refractivity contribution in [3.8, 4) is 0 Å². The minimum absolute atomic E-state index is 0.174. The Morgan fingerprint density at radius 3 is 2.24 bits per heavy atom. The molecular formula is C44H54N10O5. The maximum Gasteiger partial charge on any atom is 0.330 e. The van der Waals surface area contributed by atoms with Gasteiger partial charge in [0.1, 0.15) is 23.9 Å². The van der Waals surface area contributed by atoms with Crippen molar-refractivity contribution in [1.82, 2.24) is 35.8 Å². The van der Waals surface area contributed by atoms with Gasteiger partial charge in [-0.3, -0.25) is 34.0 Å². The van der Waals surface area contributed by atoms with Crippen LogP contribution in [0, 0.1) is 25.7 Å². The van der Waals surface area contributed by atoms with Gasteiger partial charge in [-0.1, -0.05) is 64.1 Å². The summed E-state index contributed by atoms with van der Waals surface area (Å²) in [5, 5.41) is 12.0. The van der Waals surface area contributed by atoms with E-state index >= 15 is 0 Å². The Bertz CT molecular complexity index is 2200. The van der Waals surface area contributed by atoms with Crippen LogP contribution < -0.4 is 31.1 Å². The zero-order chi connectivity index (χ0) is 42.5. The molecule has 15 heteroatoms. The van der Waals surface area contributed by atoms with Gasteiger partial charge in [0.25, 0.3) is 5.91 Å². The van der Waals surface area contributed by atoms with Crippen LogP contribution in [0.1, 0.15) is 86.2 Å². The molecule has 0 radical (unpaired) electrons. The fourth-order valence-corrected chi connectivity index (χ4v) is 7.40. The summed E-state index contributed by atoms with van der Waals surface area (Å²) in [6.45, 7) is 13.6. The van der Waals surface area contributed by atoms with Gasteiger partial charge in [0.2, 0.25) is 23.7 Å². The number of hydrogen-bond donors (Lipinski definition) is 4. The van der Waals surface area contributed by atoms with Crippen LogP contribution in [-0.2, 0) is 20.9 Å². The van der Waals surface area contributed by atoms with E-state index in [2.05, 4.69) is 36.2 Å². The number of fused-ring (bicyclic) bond motifs is 1. The van der Waals surface area contributed by atoms with E-state index in [0.717, 1.165) is 16.8 Å². The van der Waals surface area contributed by atoms with Crippen LogP contribution in [0.5, 0.6) is 0 Å². The first kappa shape index (κ1) is 42.2. The quantitative estimate of drug-likeness (QED) is 0.134. The lowest BCUT2D eigenvalue weighted by Gasteiger charge is -2.35. The van der Waals surface area contributed by atoms with Crippen molar-refractivity contribution in [2.24, 2.45) is 11.8 Å². The number of anilines is 4. The van der Waals surface area contributed by atoms with Gasteiger partial charge in [0.05, 0.1) is 24.5 Å². The standard InChI is InChI=1S/C44H54N10O5/c1-25(2)36(41(57)47-29(7)30-13-10-9-11-14-30)49-40(56)34-15-12-20-53(34)42(58)37(26(3)4)50-39(55)31-18-16-27(5)35(21-31)54-24-32-22-46-43(51-38(32)52(8)44(54)59)48-33-19-17-28(6)45-23-33/h9-11,13-14,16-19,21-23,25-26,29,34,36-37H,12,15,20,24H2,1-8H3,(H,47,57)(H,49,56)(H,50,55)(H,46,48,51)/t29-,34+,36+,37+/m1/s1. The van der Waals surface area contributed by atoms with Gasteiger partial charge < -0.3 is 26.2 Å². The number of aromatic nitrogens is 3. The molecule has 6 rings (SSSR count). The average Bonchev–Trinajstić information content (AvgIpc) is 3.72. The number of likely N-dealkylation sites (tertiary alicyclic amines) is 1. The second-order valence-electron chi connectivity index (χ2n) is 16.0. The molecule has 0 spiro atoms. The molecule has 4 heterocycles. The van der Waals surface area contributed by atoms with E-state index in [-0.39, 0.29) is 47.8 Å². The summed E-state index contributed by atoms with van der Waals surface area (Å²) >= 11 is 0. The van der Waals surface area contributed by atoms with Crippen molar-refractivity contribution in [3.63, 3.8) is 0 Å². The molecule has 4 atom stereocenters. The lowest BCUT2D eigenvalue weighted by atomic mass is 10.00. The van der Waals surface area contributed by atoms with E-state index in [1.54, 1.807) is 42.5 Å². The lowest BCUT2D eigenvalue weighted by molar-refractivity contribution is -0.141. The van der Waals surface area contributed by atoms with Crippen LogP contribution in [0.2, 0.25) is 0 Å². The predicted molar refractivity (Wildman–Crippen MR) is 226 cm³/mol. The number of carbonyl (C=O) groups excluding carboxylic acids is 5.